The molecule has 0 radical (unpaired) electrons. The van der Waals surface area contributed by atoms with E-state index in [1.54, 1.807) is 0 Å². The van der Waals surface area contributed by atoms with Crippen molar-refractivity contribution in [2.45, 2.75) is 24.5 Å². The van der Waals surface area contributed by atoms with Crippen molar-refractivity contribution in [1.82, 2.24) is 9.62 Å². The van der Waals surface area contributed by atoms with E-state index in [9.17, 15) is 18.0 Å². The molecule has 1 atom stereocenters. The molecule has 7 nitrogen and oxygen atoms in total. The molecule has 0 aliphatic heterocycles. The Hall–Kier alpha value is -1.94. The predicted molar refractivity (Wildman–Crippen MR) is 103 cm³/mol. The van der Waals surface area contributed by atoms with E-state index in [4.69, 9.17) is 16.3 Å². The van der Waals surface area contributed by atoms with Crippen LogP contribution in [0.3, 0.4) is 0 Å². The molecule has 1 aromatic carbocycles. The van der Waals surface area contributed by atoms with Gasteiger partial charge in [0.25, 0.3) is 5.91 Å². The first-order valence-corrected chi connectivity index (χ1v) is 10.6. The average Bonchev–Trinajstić information content (AvgIpc) is 3.13. The number of thiophene rings is 1. The molecule has 1 amide bonds. The highest BCUT2D eigenvalue weighted by Gasteiger charge is 2.25. The lowest BCUT2D eigenvalue weighted by Crippen LogP contribution is -2.39. The van der Waals surface area contributed by atoms with Crippen molar-refractivity contribution in [3.63, 3.8) is 0 Å². The van der Waals surface area contributed by atoms with Gasteiger partial charge in [0.2, 0.25) is 10.0 Å². The predicted octanol–water partition coefficient (Wildman–Crippen LogP) is 2.27. The van der Waals surface area contributed by atoms with E-state index in [-0.39, 0.29) is 4.90 Å². The molecule has 0 fully saturated rings. The van der Waals surface area contributed by atoms with Crippen LogP contribution >= 0.6 is 22.9 Å². The summed E-state index contributed by atoms with van der Waals surface area (Å²) >= 11 is 7.25. The van der Waals surface area contributed by atoms with Crippen molar-refractivity contribution in [3.8, 4) is 0 Å². The van der Waals surface area contributed by atoms with Crippen molar-refractivity contribution in [2.75, 3.05) is 13.6 Å². The second kappa shape index (κ2) is 9.32. The van der Waals surface area contributed by atoms with E-state index >= 15 is 0 Å². The number of amides is 1. The first-order valence-electron chi connectivity index (χ1n) is 7.91. The lowest BCUT2D eigenvalue weighted by atomic mass is 10.3. The molecule has 1 aromatic heterocycles. The van der Waals surface area contributed by atoms with E-state index in [2.05, 4.69) is 5.32 Å². The van der Waals surface area contributed by atoms with Gasteiger partial charge in [-0.2, -0.15) is 4.31 Å². The van der Waals surface area contributed by atoms with E-state index in [0.717, 1.165) is 9.18 Å². The number of nitrogens with zero attached hydrogens (tertiary/aromatic N) is 1. The lowest BCUT2D eigenvalue weighted by molar-refractivity contribution is -0.154. The van der Waals surface area contributed by atoms with Crippen LogP contribution in [0.5, 0.6) is 0 Å². The van der Waals surface area contributed by atoms with E-state index in [1.165, 1.54) is 49.6 Å². The number of carbonyl (C=O) groups is 2. The minimum atomic E-state index is -3.87. The van der Waals surface area contributed by atoms with Crippen LogP contribution in [0.25, 0.3) is 0 Å². The van der Waals surface area contributed by atoms with Crippen molar-refractivity contribution in [1.29, 1.82) is 0 Å². The van der Waals surface area contributed by atoms with Gasteiger partial charge in [-0.05, 0) is 42.6 Å². The summed E-state index contributed by atoms with van der Waals surface area (Å²) in [4.78, 5) is 25.0. The van der Waals surface area contributed by atoms with Crippen molar-refractivity contribution < 1.29 is 22.7 Å². The molecule has 1 unspecified atom stereocenters. The summed E-state index contributed by atoms with van der Waals surface area (Å²) < 4.78 is 30.7. The third kappa shape index (κ3) is 6.03. The van der Waals surface area contributed by atoms with Gasteiger partial charge in [-0.25, -0.2) is 8.42 Å². The summed E-state index contributed by atoms with van der Waals surface area (Å²) in [5.74, 6) is -1.28. The molecular weight excluding hydrogens is 412 g/mol. The topological polar surface area (TPSA) is 92.8 Å². The molecular formula is C17H19ClN2O5S2. The highest BCUT2D eigenvalue weighted by atomic mass is 35.5. The number of hydrogen-bond donors (Lipinski definition) is 1. The Bertz CT molecular complexity index is 883. The molecule has 1 N–H and O–H groups in total. The standard InChI is InChI=1S/C17H19ClN2O5S2/c1-12(17(22)19-10-14-4-3-9-26-14)25-16(21)11-20(2)27(23,24)15-7-5-13(18)6-8-15/h3-9,12H,10-11H2,1-2H3,(H,19,22). The average molecular weight is 431 g/mol. The molecule has 0 spiro atoms. The molecule has 0 bridgehead atoms. The zero-order valence-corrected chi connectivity index (χ0v) is 17.1. The minimum Gasteiger partial charge on any atom is -0.452 e. The number of nitrogens with one attached hydrogen (secondary N) is 1. The zero-order chi connectivity index (χ0) is 20.0. The molecule has 0 saturated carbocycles. The van der Waals surface area contributed by atoms with Crippen LogP contribution in [0.15, 0.2) is 46.7 Å². The van der Waals surface area contributed by atoms with E-state index in [1.807, 2.05) is 17.5 Å². The number of halogens is 1. The Labute approximate surface area is 166 Å². The minimum absolute atomic E-state index is 0.00365. The molecule has 0 aliphatic rings. The molecule has 2 aromatic rings. The highest BCUT2D eigenvalue weighted by molar-refractivity contribution is 7.89. The maximum absolute atomic E-state index is 12.4. The third-order valence-corrected chi connectivity index (χ3v) is 6.51. The summed E-state index contributed by atoms with van der Waals surface area (Å²) in [7, 11) is -2.62. The van der Waals surface area contributed by atoms with Crippen LogP contribution in [0, 0.1) is 0 Å². The Morgan fingerprint density at radius 2 is 1.93 bits per heavy atom. The Kier molecular flexibility index (Phi) is 7.37. The number of ether oxygens (including phenoxy) is 1. The number of benzene rings is 1. The fourth-order valence-corrected chi connectivity index (χ4v) is 3.96. The van der Waals surface area contributed by atoms with Gasteiger partial charge in [0, 0.05) is 16.9 Å². The molecule has 146 valence electrons. The van der Waals surface area contributed by atoms with Gasteiger partial charge in [0.1, 0.15) is 6.54 Å². The monoisotopic (exact) mass is 430 g/mol. The molecule has 2 rings (SSSR count). The zero-order valence-electron chi connectivity index (χ0n) is 14.7. The number of esters is 1. The fraction of sp³-hybridized carbons (Fsp3) is 0.294. The van der Waals surface area contributed by atoms with E-state index < -0.39 is 34.5 Å². The third-order valence-electron chi connectivity index (χ3n) is 3.57. The molecule has 0 saturated heterocycles. The van der Waals surface area contributed by atoms with Gasteiger partial charge in [-0.1, -0.05) is 17.7 Å². The van der Waals surface area contributed by atoms with Crippen LogP contribution in [-0.4, -0.2) is 44.3 Å². The fourth-order valence-electron chi connectivity index (χ4n) is 2.07. The van der Waals surface area contributed by atoms with Crippen LogP contribution < -0.4 is 5.32 Å². The van der Waals surface area contributed by atoms with Crippen LogP contribution in [-0.2, 0) is 30.9 Å². The summed E-state index contributed by atoms with van der Waals surface area (Å²) in [5.41, 5.74) is 0. The Morgan fingerprint density at radius 3 is 2.52 bits per heavy atom. The van der Waals surface area contributed by atoms with Crippen molar-refractivity contribution >= 4 is 44.8 Å². The van der Waals surface area contributed by atoms with Gasteiger partial charge >= 0.3 is 5.97 Å². The molecule has 1 heterocycles. The number of likely N-dealkylation sites (N-methyl/N-ethyl adjacent to an activating group) is 1. The second-order valence-electron chi connectivity index (χ2n) is 5.64. The quantitative estimate of drug-likeness (QED) is 0.648. The smallest absolute Gasteiger partial charge is 0.322 e. The Morgan fingerprint density at radius 1 is 1.26 bits per heavy atom. The van der Waals surface area contributed by atoms with E-state index in [0.29, 0.717) is 11.6 Å². The number of carbonyl (C=O) groups excluding carboxylic acids is 2. The van der Waals surface area contributed by atoms with Crippen LogP contribution in [0.2, 0.25) is 5.02 Å². The first-order chi connectivity index (χ1) is 12.7. The maximum atomic E-state index is 12.4. The van der Waals surface area contributed by atoms with Crippen molar-refractivity contribution in [3.05, 3.63) is 51.7 Å². The lowest BCUT2D eigenvalue weighted by Gasteiger charge is -2.18. The van der Waals surface area contributed by atoms with Gasteiger partial charge < -0.3 is 10.1 Å². The Balaban J connectivity index is 1.87. The summed E-state index contributed by atoms with van der Waals surface area (Å²) in [5, 5.41) is 4.95. The van der Waals surface area contributed by atoms with Gasteiger partial charge in [-0.3, -0.25) is 9.59 Å². The highest BCUT2D eigenvalue weighted by Crippen LogP contribution is 2.17. The van der Waals surface area contributed by atoms with Gasteiger partial charge in [-0.15, -0.1) is 11.3 Å². The van der Waals surface area contributed by atoms with Crippen molar-refractivity contribution in [2.24, 2.45) is 0 Å². The number of rotatable bonds is 8. The van der Waals surface area contributed by atoms with Crippen LogP contribution in [0.4, 0.5) is 0 Å². The summed E-state index contributed by atoms with van der Waals surface area (Å²) in [6.45, 7) is 1.24. The SMILES string of the molecule is CC(OC(=O)CN(C)S(=O)(=O)c1ccc(Cl)cc1)C(=O)NCc1cccs1. The van der Waals surface area contributed by atoms with Crippen LogP contribution in [0.1, 0.15) is 11.8 Å². The summed E-state index contributed by atoms with van der Waals surface area (Å²) in [6.07, 6.45) is -1.04. The maximum Gasteiger partial charge on any atom is 0.322 e. The summed E-state index contributed by atoms with van der Waals surface area (Å²) in [6, 6.07) is 9.33. The normalized spacial score (nSPS) is 12.6. The first kappa shape index (κ1) is 21.4. The molecule has 27 heavy (non-hydrogen) atoms. The number of sulfonamides is 1. The molecule has 10 heteroatoms. The molecule has 0 aliphatic carbocycles. The van der Waals surface area contributed by atoms with Gasteiger partial charge in [0.05, 0.1) is 11.4 Å². The van der Waals surface area contributed by atoms with Gasteiger partial charge in [0.15, 0.2) is 6.10 Å². The largest absolute Gasteiger partial charge is 0.452 e. The second-order valence-corrected chi connectivity index (χ2v) is 9.16. The number of hydrogen-bond acceptors (Lipinski definition) is 6.